The largest absolute Gasteiger partial charge is 0.395 e. The van der Waals surface area contributed by atoms with E-state index in [-0.39, 0.29) is 6.61 Å². The standard InChI is InChI=1S/C14H18BrN3O/c15-14-9-12(10-16)1-2-13(14)11-18-5-3-17(4-6-18)7-8-19/h1-2,9,19H,3-8,11H2. The van der Waals surface area contributed by atoms with Crippen molar-refractivity contribution in [1.82, 2.24) is 9.80 Å². The summed E-state index contributed by atoms with van der Waals surface area (Å²) < 4.78 is 1.00. The fraction of sp³-hybridized carbons (Fsp3) is 0.500. The Morgan fingerprint density at radius 2 is 1.89 bits per heavy atom. The molecule has 1 N–H and O–H groups in total. The second-order valence-electron chi connectivity index (χ2n) is 4.76. The molecule has 0 radical (unpaired) electrons. The van der Waals surface area contributed by atoms with Gasteiger partial charge in [0.05, 0.1) is 18.2 Å². The van der Waals surface area contributed by atoms with Crippen LogP contribution in [0.1, 0.15) is 11.1 Å². The van der Waals surface area contributed by atoms with Gasteiger partial charge in [-0.25, -0.2) is 0 Å². The maximum Gasteiger partial charge on any atom is 0.0992 e. The summed E-state index contributed by atoms with van der Waals surface area (Å²) in [5, 5.41) is 17.8. The molecule has 0 atom stereocenters. The van der Waals surface area contributed by atoms with E-state index in [1.165, 1.54) is 5.56 Å². The number of nitriles is 1. The van der Waals surface area contributed by atoms with Crippen molar-refractivity contribution in [2.75, 3.05) is 39.3 Å². The van der Waals surface area contributed by atoms with Gasteiger partial charge in [0, 0.05) is 43.7 Å². The van der Waals surface area contributed by atoms with Gasteiger partial charge >= 0.3 is 0 Å². The van der Waals surface area contributed by atoms with Gasteiger partial charge in [-0.3, -0.25) is 9.80 Å². The quantitative estimate of drug-likeness (QED) is 0.910. The highest BCUT2D eigenvalue weighted by atomic mass is 79.9. The van der Waals surface area contributed by atoms with Gasteiger partial charge in [-0.05, 0) is 17.7 Å². The van der Waals surface area contributed by atoms with E-state index in [1.54, 1.807) is 0 Å². The van der Waals surface area contributed by atoms with Gasteiger partial charge in [0.15, 0.2) is 0 Å². The summed E-state index contributed by atoms with van der Waals surface area (Å²) in [6.45, 7) is 5.97. The summed E-state index contributed by atoms with van der Waals surface area (Å²) in [6.07, 6.45) is 0. The average molecular weight is 324 g/mol. The zero-order valence-electron chi connectivity index (χ0n) is 10.8. The summed E-state index contributed by atoms with van der Waals surface area (Å²) in [5.41, 5.74) is 1.90. The molecule has 1 aliphatic heterocycles. The molecule has 1 aromatic carbocycles. The van der Waals surface area contributed by atoms with Crippen molar-refractivity contribution in [2.45, 2.75) is 6.54 Å². The Morgan fingerprint density at radius 3 is 2.47 bits per heavy atom. The lowest BCUT2D eigenvalue weighted by atomic mass is 10.1. The summed E-state index contributed by atoms with van der Waals surface area (Å²) in [5.74, 6) is 0. The van der Waals surface area contributed by atoms with Crippen LogP contribution in [0.3, 0.4) is 0 Å². The highest BCUT2D eigenvalue weighted by molar-refractivity contribution is 9.10. The zero-order chi connectivity index (χ0) is 13.7. The Hall–Kier alpha value is -0.930. The van der Waals surface area contributed by atoms with Crippen LogP contribution >= 0.6 is 15.9 Å². The summed E-state index contributed by atoms with van der Waals surface area (Å²) in [7, 11) is 0. The van der Waals surface area contributed by atoms with Crippen molar-refractivity contribution in [1.29, 1.82) is 5.26 Å². The molecule has 0 bridgehead atoms. The van der Waals surface area contributed by atoms with Crippen LogP contribution in [0.25, 0.3) is 0 Å². The predicted molar refractivity (Wildman–Crippen MR) is 77.7 cm³/mol. The monoisotopic (exact) mass is 323 g/mol. The van der Waals surface area contributed by atoms with Crippen molar-refractivity contribution in [3.8, 4) is 6.07 Å². The lowest BCUT2D eigenvalue weighted by molar-refractivity contribution is 0.108. The molecule has 4 nitrogen and oxygen atoms in total. The molecule has 1 aromatic rings. The van der Waals surface area contributed by atoms with E-state index < -0.39 is 0 Å². The Labute approximate surface area is 122 Å². The van der Waals surface area contributed by atoms with Crippen molar-refractivity contribution < 1.29 is 5.11 Å². The SMILES string of the molecule is N#Cc1ccc(CN2CCN(CCO)CC2)c(Br)c1. The normalized spacial score (nSPS) is 17.3. The van der Waals surface area contributed by atoms with Crippen molar-refractivity contribution >= 4 is 15.9 Å². The fourth-order valence-electron chi connectivity index (χ4n) is 2.30. The zero-order valence-corrected chi connectivity index (χ0v) is 12.4. The average Bonchev–Trinajstić information content (AvgIpc) is 2.43. The molecule has 1 aliphatic rings. The van der Waals surface area contributed by atoms with Crippen molar-refractivity contribution in [2.24, 2.45) is 0 Å². The molecule has 0 aliphatic carbocycles. The smallest absolute Gasteiger partial charge is 0.0992 e. The van der Waals surface area contributed by atoms with Crippen LogP contribution in [0.5, 0.6) is 0 Å². The Morgan fingerprint density at radius 1 is 1.21 bits per heavy atom. The summed E-state index contributed by atoms with van der Waals surface area (Å²) >= 11 is 3.53. The number of hydrogen-bond acceptors (Lipinski definition) is 4. The summed E-state index contributed by atoms with van der Waals surface area (Å²) in [4.78, 5) is 4.68. The first-order chi connectivity index (χ1) is 9.22. The minimum atomic E-state index is 0.237. The molecule has 0 spiro atoms. The predicted octanol–water partition coefficient (Wildman–Crippen LogP) is 1.43. The Balaban J connectivity index is 1.91. The number of hydrogen-bond donors (Lipinski definition) is 1. The molecule has 0 unspecified atom stereocenters. The lowest BCUT2D eigenvalue weighted by Crippen LogP contribution is -2.46. The van der Waals surface area contributed by atoms with Crippen LogP contribution in [0.4, 0.5) is 0 Å². The van der Waals surface area contributed by atoms with Crippen LogP contribution < -0.4 is 0 Å². The summed E-state index contributed by atoms with van der Waals surface area (Å²) in [6, 6.07) is 7.90. The topological polar surface area (TPSA) is 50.5 Å². The van der Waals surface area contributed by atoms with E-state index in [4.69, 9.17) is 10.4 Å². The molecular formula is C14H18BrN3O. The number of aliphatic hydroxyl groups excluding tert-OH is 1. The third-order valence-corrected chi connectivity index (χ3v) is 4.20. The first-order valence-corrected chi connectivity index (χ1v) is 7.26. The number of nitrogens with zero attached hydrogens (tertiary/aromatic N) is 3. The van der Waals surface area contributed by atoms with Gasteiger partial charge in [-0.1, -0.05) is 22.0 Å². The number of benzene rings is 1. The third kappa shape index (κ3) is 4.02. The van der Waals surface area contributed by atoms with E-state index in [2.05, 4.69) is 31.8 Å². The van der Waals surface area contributed by atoms with Gasteiger partial charge < -0.3 is 5.11 Å². The number of β-amino-alcohol motifs (C(OH)–C–C–N with tert-alkyl or cyclic N) is 1. The molecule has 1 saturated heterocycles. The lowest BCUT2D eigenvalue weighted by Gasteiger charge is -2.34. The van der Waals surface area contributed by atoms with Gasteiger partial charge in [0.25, 0.3) is 0 Å². The molecule has 2 rings (SSSR count). The highest BCUT2D eigenvalue weighted by Gasteiger charge is 2.17. The van der Waals surface area contributed by atoms with Crippen LogP contribution in [-0.2, 0) is 6.54 Å². The third-order valence-electron chi connectivity index (χ3n) is 3.46. The van der Waals surface area contributed by atoms with Crippen LogP contribution in [0, 0.1) is 11.3 Å². The second kappa shape index (κ2) is 7.01. The van der Waals surface area contributed by atoms with E-state index in [9.17, 15) is 0 Å². The number of piperazine rings is 1. The molecule has 1 heterocycles. The maximum absolute atomic E-state index is 8.92. The van der Waals surface area contributed by atoms with E-state index >= 15 is 0 Å². The van der Waals surface area contributed by atoms with E-state index in [0.29, 0.717) is 5.56 Å². The fourth-order valence-corrected chi connectivity index (χ4v) is 2.80. The molecular weight excluding hydrogens is 306 g/mol. The molecule has 19 heavy (non-hydrogen) atoms. The van der Waals surface area contributed by atoms with Crippen molar-refractivity contribution in [3.05, 3.63) is 33.8 Å². The van der Waals surface area contributed by atoms with Gasteiger partial charge in [0.2, 0.25) is 0 Å². The van der Waals surface area contributed by atoms with Crippen LogP contribution in [0.15, 0.2) is 22.7 Å². The first-order valence-electron chi connectivity index (χ1n) is 6.47. The number of halogens is 1. The number of rotatable bonds is 4. The van der Waals surface area contributed by atoms with Crippen molar-refractivity contribution in [3.63, 3.8) is 0 Å². The number of aliphatic hydroxyl groups is 1. The molecule has 0 saturated carbocycles. The van der Waals surface area contributed by atoms with E-state index in [0.717, 1.165) is 43.7 Å². The molecule has 0 amide bonds. The first kappa shape index (κ1) is 14.5. The van der Waals surface area contributed by atoms with Gasteiger partial charge in [-0.15, -0.1) is 0 Å². The van der Waals surface area contributed by atoms with Gasteiger partial charge in [0.1, 0.15) is 0 Å². The molecule has 102 valence electrons. The molecule has 0 aromatic heterocycles. The van der Waals surface area contributed by atoms with Crippen LogP contribution in [0.2, 0.25) is 0 Å². The Kier molecular flexibility index (Phi) is 5.34. The molecule has 5 heteroatoms. The Bertz CT molecular complexity index is 464. The molecule has 1 fully saturated rings. The minimum absolute atomic E-state index is 0.237. The van der Waals surface area contributed by atoms with E-state index in [1.807, 2.05) is 18.2 Å². The maximum atomic E-state index is 8.92. The van der Waals surface area contributed by atoms with Crippen LogP contribution in [-0.4, -0.2) is 54.2 Å². The highest BCUT2D eigenvalue weighted by Crippen LogP contribution is 2.20. The minimum Gasteiger partial charge on any atom is -0.395 e. The second-order valence-corrected chi connectivity index (χ2v) is 5.61. The van der Waals surface area contributed by atoms with Gasteiger partial charge in [-0.2, -0.15) is 5.26 Å².